The second-order valence-electron chi connectivity index (χ2n) is 8.57. The van der Waals surface area contributed by atoms with Crippen LogP contribution in [0.4, 0.5) is 0 Å². The molecule has 6 rings (SSSR count). The Hall–Kier alpha value is -4.58. The van der Waals surface area contributed by atoms with Gasteiger partial charge in [-0.25, -0.2) is 0 Å². The van der Waals surface area contributed by atoms with Crippen molar-refractivity contribution in [3.8, 4) is 11.5 Å². The minimum atomic E-state index is -0.0447. The van der Waals surface area contributed by atoms with Crippen LogP contribution in [0.25, 0.3) is 43.9 Å². The van der Waals surface area contributed by atoms with Crippen LogP contribution in [0.3, 0.4) is 0 Å². The average molecular weight is 479 g/mol. The Morgan fingerprint density at radius 3 is 1.39 bits per heavy atom. The zero-order valence-corrected chi connectivity index (χ0v) is 19.4. The van der Waals surface area contributed by atoms with Gasteiger partial charge in [-0.1, -0.05) is 24.3 Å². The molecule has 178 valence electrons. The lowest BCUT2D eigenvalue weighted by Gasteiger charge is -2.09. The van der Waals surface area contributed by atoms with Crippen molar-refractivity contribution >= 4 is 43.9 Å². The lowest BCUT2D eigenvalue weighted by molar-refractivity contribution is 0.266. The van der Waals surface area contributed by atoms with Gasteiger partial charge in [0.1, 0.15) is 33.8 Å². The Kier molecular flexibility index (Phi) is 5.62. The fourth-order valence-corrected chi connectivity index (χ4v) is 4.33. The fraction of sp³-hybridized carbons (Fsp3) is 0.133. The third kappa shape index (κ3) is 4.07. The summed E-state index contributed by atoms with van der Waals surface area (Å²) in [7, 11) is 0. The molecule has 2 heterocycles. The minimum Gasteiger partial charge on any atom is -0.493 e. The van der Waals surface area contributed by atoms with Crippen molar-refractivity contribution in [3.05, 3.63) is 105 Å². The minimum absolute atomic E-state index is 0.0447. The molecule has 0 aliphatic heterocycles. The van der Waals surface area contributed by atoms with Crippen LogP contribution in [0.5, 0.6) is 11.5 Å². The van der Waals surface area contributed by atoms with E-state index in [1.165, 1.54) is 0 Å². The van der Waals surface area contributed by atoms with Crippen LogP contribution in [0.2, 0.25) is 0 Å². The number of ether oxygens (including phenoxy) is 2. The van der Waals surface area contributed by atoms with E-state index in [0.29, 0.717) is 68.6 Å². The quantitative estimate of drug-likeness (QED) is 0.194. The highest BCUT2D eigenvalue weighted by molar-refractivity contribution is 5.91. The Morgan fingerprint density at radius 1 is 0.500 bits per heavy atom. The molecule has 36 heavy (non-hydrogen) atoms. The van der Waals surface area contributed by atoms with Gasteiger partial charge >= 0.3 is 0 Å². The van der Waals surface area contributed by atoms with Crippen molar-refractivity contribution < 1.29 is 18.3 Å². The van der Waals surface area contributed by atoms with Gasteiger partial charge in [-0.15, -0.1) is 0 Å². The van der Waals surface area contributed by atoms with E-state index in [-0.39, 0.29) is 10.9 Å². The van der Waals surface area contributed by atoms with Crippen LogP contribution in [-0.2, 0) is 0 Å². The Morgan fingerprint density at radius 2 is 0.917 bits per heavy atom. The summed E-state index contributed by atoms with van der Waals surface area (Å²) in [6.07, 6.45) is 1.57. The van der Waals surface area contributed by atoms with E-state index in [0.717, 1.165) is 12.8 Å². The number of unbranched alkanes of at least 4 members (excludes halogenated alkanes) is 1. The number of para-hydroxylation sites is 2. The average Bonchev–Trinajstić information content (AvgIpc) is 2.91. The molecule has 0 saturated carbocycles. The molecule has 0 N–H and O–H groups in total. The molecule has 0 spiro atoms. The summed E-state index contributed by atoms with van der Waals surface area (Å²) in [6.45, 7) is 1.01. The highest BCUT2D eigenvalue weighted by atomic mass is 16.5. The van der Waals surface area contributed by atoms with E-state index in [2.05, 4.69) is 0 Å². The molecular formula is C30H22O6. The van der Waals surface area contributed by atoms with Crippen LogP contribution >= 0.6 is 0 Å². The number of rotatable bonds is 7. The van der Waals surface area contributed by atoms with Crippen molar-refractivity contribution in [2.45, 2.75) is 12.8 Å². The Balaban J connectivity index is 1.06. The van der Waals surface area contributed by atoms with E-state index in [1.807, 2.05) is 24.3 Å². The van der Waals surface area contributed by atoms with Gasteiger partial charge in [-0.3, -0.25) is 9.59 Å². The van der Waals surface area contributed by atoms with E-state index in [1.54, 1.807) is 60.7 Å². The van der Waals surface area contributed by atoms with Crippen LogP contribution < -0.4 is 20.3 Å². The normalized spacial score (nSPS) is 11.4. The van der Waals surface area contributed by atoms with E-state index >= 15 is 0 Å². The first-order chi connectivity index (χ1) is 17.7. The number of benzene rings is 4. The highest BCUT2D eigenvalue weighted by Gasteiger charge is 2.10. The van der Waals surface area contributed by atoms with Crippen LogP contribution in [0, 0.1) is 0 Å². The lowest BCUT2D eigenvalue weighted by atomic mass is 10.1. The number of hydrogen-bond acceptors (Lipinski definition) is 6. The molecular weight excluding hydrogens is 456 g/mol. The molecule has 0 unspecified atom stereocenters. The summed E-state index contributed by atoms with van der Waals surface area (Å²) >= 11 is 0. The Bertz CT molecular complexity index is 1710. The largest absolute Gasteiger partial charge is 0.493 e. The second-order valence-corrected chi connectivity index (χ2v) is 8.57. The summed E-state index contributed by atoms with van der Waals surface area (Å²) < 4.78 is 23.5. The number of hydrogen-bond donors (Lipinski definition) is 0. The zero-order chi connectivity index (χ0) is 24.5. The predicted octanol–water partition coefficient (Wildman–Crippen LogP) is 6.44. The molecule has 0 saturated heterocycles. The fourth-order valence-electron chi connectivity index (χ4n) is 4.33. The van der Waals surface area contributed by atoms with Gasteiger partial charge in [-0.05, 0) is 61.4 Å². The molecule has 0 amide bonds. The summed E-state index contributed by atoms with van der Waals surface area (Å²) in [5, 5.41) is 2.21. The third-order valence-electron chi connectivity index (χ3n) is 6.17. The van der Waals surface area contributed by atoms with Crippen molar-refractivity contribution in [1.29, 1.82) is 0 Å². The first-order valence-corrected chi connectivity index (χ1v) is 11.8. The topological polar surface area (TPSA) is 78.9 Å². The summed E-state index contributed by atoms with van der Waals surface area (Å²) in [5.74, 6) is 1.30. The number of fused-ring (bicyclic) bond motifs is 4. The van der Waals surface area contributed by atoms with Gasteiger partial charge in [0.15, 0.2) is 0 Å². The first-order valence-electron chi connectivity index (χ1n) is 11.8. The molecule has 0 aliphatic rings. The van der Waals surface area contributed by atoms with Gasteiger partial charge in [0, 0.05) is 12.1 Å². The molecule has 6 aromatic rings. The summed E-state index contributed by atoms with van der Waals surface area (Å²) in [6, 6.07) is 25.0. The molecule has 2 aromatic heterocycles. The van der Waals surface area contributed by atoms with Gasteiger partial charge in [0.25, 0.3) is 0 Å². The molecule has 0 fully saturated rings. The SMILES string of the molecule is O=c1c2ccccc2oc2cc(OCCCCOc3ccc4c(=O)c5ccccc5oc4c3)ccc12. The van der Waals surface area contributed by atoms with Crippen LogP contribution in [0.15, 0.2) is 103 Å². The van der Waals surface area contributed by atoms with Gasteiger partial charge in [0.2, 0.25) is 10.9 Å². The summed E-state index contributed by atoms with van der Waals surface area (Å²) in [5.41, 5.74) is 2.05. The van der Waals surface area contributed by atoms with E-state index in [9.17, 15) is 9.59 Å². The molecule has 6 nitrogen and oxygen atoms in total. The molecule has 0 radical (unpaired) electrons. The molecule has 0 atom stereocenters. The molecule has 0 aliphatic carbocycles. The second kappa shape index (κ2) is 9.23. The monoisotopic (exact) mass is 478 g/mol. The maximum Gasteiger partial charge on any atom is 0.200 e. The van der Waals surface area contributed by atoms with Crippen LogP contribution in [-0.4, -0.2) is 13.2 Å². The van der Waals surface area contributed by atoms with Gasteiger partial charge in [0.05, 0.1) is 34.8 Å². The van der Waals surface area contributed by atoms with Gasteiger partial charge < -0.3 is 18.3 Å². The maximum absolute atomic E-state index is 12.7. The smallest absolute Gasteiger partial charge is 0.200 e. The van der Waals surface area contributed by atoms with Crippen LogP contribution in [0.1, 0.15) is 12.8 Å². The molecule has 6 heteroatoms. The van der Waals surface area contributed by atoms with Crippen molar-refractivity contribution in [1.82, 2.24) is 0 Å². The Labute approximate surface area is 205 Å². The molecule has 4 aromatic carbocycles. The third-order valence-corrected chi connectivity index (χ3v) is 6.17. The van der Waals surface area contributed by atoms with Gasteiger partial charge in [-0.2, -0.15) is 0 Å². The predicted molar refractivity (Wildman–Crippen MR) is 140 cm³/mol. The molecule has 0 bridgehead atoms. The standard InChI is InChI=1S/C30H22O6/c31-29-21-7-1-3-9-25(21)35-27-17-19(11-13-23(27)29)33-15-5-6-16-34-20-12-14-24-28(18-20)36-26-10-4-2-8-22(26)30(24)32/h1-4,7-14,17-18H,5-6,15-16H2. The lowest BCUT2D eigenvalue weighted by Crippen LogP contribution is -2.04. The van der Waals surface area contributed by atoms with Crippen molar-refractivity contribution in [3.63, 3.8) is 0 Å². The van der Waals surface area contributed by atoms with Crippen molar-refractivity contribution in [2.24, 2.45) is 0 Å². The highest BCUT2D eigenvalue weighted by Crippen LogP contribution is 2.24. The first kappa shape index (κ1) is 21.9. The van der Waals surface area contributed by atoms with E-state index in [4.69, 9.17) is 18.3 Å². The van der Waals surface area contributed by atoms with Crippen molar-refractivity contribution in [2.75, 3.05) is 13.2 Å². The summed E-state index contributed by atoms with van der Waals surface area (Å²) in [4.78, 5) is 25.3. The van der Waals surface area contributed by atoms with E-state index < -0.39 is 0 Å². The zero-order valence-electron chi connectivity index (χ0n) is 19.4. The maximum atomic E-state index is 12.7.